The lowest BCUT2D eigenvalue weighted by Gasteiger charge is -2.38. The fourth-order valence-electron chi connectivity index (χ4n) is 3.12. The molecule has 6 nitrogen and oxygen atoms in total. The van der Waals surface area contributed by atoms with Gasteiger partial charge in [0.1, 0.15) is 11.5 Å². The van der Waals surface area contributed by atoms with Crippen LogP contribution in [0.2, 0.25) is 0 Å². The molecule has 1 aromatic rings. The summed E-state index contributed by atoms with van der Waals surface area (Å²) < 4.78 is 15.5. The molecule has 1 aromatic carbocycles. The summed E-state index contributed by atoms with van der Waals surface area (Å²) >= 11 is 0. The number of amides is 1. The number of carbonyl (C=O) groups excluding carboxylic acids is 2. The van der Waals surface area contributed by atoms with Gasteiger partial charge in [-0.15, -0.1) is 0 Å². The quantitative estimate of drug-likeness (QED) is 0.774. The summed E-state index contributed by atoms with van der Waals surface area (Å²) in [5.74, 6) is 0.257. The molecule has 1 aliphatic rings. The lowest BCUT2D eigenvalue weighted by molar-refractivity contribution is -0.140. The van der Waals surface area contributed by atoms with Crippen molar-refractivity contribution in [3.8, 4) is 11.5 Å². The third-order valence-corrected chi connectivity index (χ3v) is 4.40. The zero-order valence-electron chi connectivity index (χ0n) is 14.7. The van der Waals surface area contributed by atoms with Gasteiger partial charge in [-0.2, -0.15) is 0 Å². The molecule has 0 N–H and O–H groups in total. The molecule has 0 aliphatic carbocycles. The maximum Gasteiger partial charge on any atom is 0.338 e. The van der Waals surface area contributed by atoms with E-state index < -0.39 is 5.97 Å². The van der Waals surface area contributed by atoms with Gasteiger partial charge >= 0.3 is 5.97 Å². The minimum atomic E-state index is -0.571. The number of esters is 1. The fourth-order valence-corrected chi connectivity index (χ4v) is 3.12. The molecular weight excluding hydrogens is 310 g/mol. The largest absolute Gasteiger partial charge is 0.497 e. The number of piperidine rings is 1. The smallest absolute Gasteiger partial charge is 0.338 e. The first-order valence-corrected chi connectivity index (χ1v) is 8.17. The van der Waals surface area contributed by atoms with E-state index in [1.54, 1.807) is 18.2 Å². The number of carbonyl (C=O) groups is 2. The molecule has 0 aromatic heterocycles. The lowest BCUT2D eigenvalue weighted by Crippen LogP contribution is -2.49. The lowest BCUT2D eigenvalue weighted by atomic mass is 9.97. The highest BCUT2D eigenvalue weighted by Crippen LogP contribution is 2.24. The Morgan fingerprint density at radius 3 is 2.08 bits per heavy atom. The Bertz CT molecular complexity index is 569. The van der Waals surface area contributed by atoms with Crippen LogP contribution in [-0.2, 0) is 9.53 Å². The summed E-state index contributed by atoms with van der Waals surface area (Å²) in [5, 5.41) is 0. The molecule has 132 valence electrons. The number of nitrogens with zero attached hydrogens (tertiary/aromatic N) is 1. The topological polar surface area (TPSA) is 65.1 Å². The van der Waals surface area contributed by atoms with Crippen LogP contribution in [0.3, 0.4) is 0 Å². The van der Waals surface area contributed by atoms with Crippen LogP contribution in [0.25, 0.3) is 0 Å². The monoisotopic (exact) mass is 335 g/mol. The summed E-state index contributed by atoms with van der Waals surface area (Å²) in [4.78, 5) is 26.4. The van der Waals surface area contributed by atoms with E-state index in [-0.39, 0.29) is 24.6 Å². The van der Waals surface area contributed by atoms with Gasteiger partial charge in [-0.3, -0.25) is 4.79 Å². The number of hydrogen-bond donors (Lipinski definition) is 0. The minimum Gasteiger partial charge on any atom is -0.497 e. The average molecular weight is 335 g/mol. The number of hydrogen-bond acceptors (Lipinski definition) is 5. The van der Waals surface area contributed by atoms with E-state index in [9.17, 15) is 9.59 Å². The van der Waals surface area contributed by atoms with Gasteiger partial charge in [0, 0.05) is 18.2 Å². The summed E-state index contributed by atoms with van der Waals surface area (Å²) in [5.41, 5.74) is 0.291. The average Bonchev–Trinajstić information content (AvgIpc) is 2.58. The first-order chi connectivity index (χ1) is 11.5. The molecule has 1 amide bonds. The van der Waals surface area contributed by atoms with Gasteiger partial charge in [0.15, 0.2) is 6.61 Å². The Kier molecular flexibility index (Phi) is 6.06. The Balaban J connectivity index is 2.01. The second-order valence-corrected chi connectivity index (χ2v) is 6.11. The third-order valence-electron chi connectivity index (χ3n) is 4.40. The summed E-state index contributed by atoms with van der Waals surface area (Å²) in [7, 11) is 3.01. The van der Waals surface area contributed by atoms with Crippen molar-refractivity contribution in [2.75, 3.05) is 20.8 Å². The molecule has 2 unspecified atom stereocenters. The number of ether oxygens (including phenoxy) is 3. The summed E-state index contributed by atoms with van der Waals surface area (Å²) in [6.07, 6.45) is 3.09. The maximum atomic E-state index is 12.4. The Labute approximate surface area is 142 Å². The summed E-state index contributed by atoms with van der Waals surface area (Å²) in [6, 6.07) is 5.14. The number of rotatable bonds is 5. The predicted molar refractivity (Wildman–Crippen MR) is 89.4 cm³/mol. The van der Waals surface area contributed by atoms with Crippen molar-refractivity contribution in [3.63, 3.8) is 0 Å². The Morgan fingerprint density at radius 1 is 1.04 bits per heavy atom. The molecule has 1 fully saturated rings. The molecule has 0 radical (unpaired) electrons. The van der Waals surface area contributed by atoms with Crippen LogP contribution in [0, 0.1) is 0 Å². The van der Waals surface area contributed by atoms with Crippen LogP contribution >= 0.6 is 0 Å². The number of benzene rings is 1. The van der Waals surface area contributed by atoms with Crippen LogP contribution in [-0.4, -0.2) is 49.7 Å². The van der Waals surface area contributed by atoms with E-state index in [0.717, 1.165) is 19.3 Å². The second-order valence-electron chi connectivity index (χ2n) is 6.11. The van der Waals surface area contributed by atoms with E-state index in [1.165, 1.54) is 14.2 Å². The number of methoxy groups -OCH3 is 2. The van der Waals surface area contributed by atoms with Gasteiger partial charge < -0.3 is 19.1 Å². The highest BCUT2D eigenvalue weighted by atomic mass is 16.5. The van der Waals surface area contributed by atoms with Crippen LogP contribution in [0.5, 0.6) is 11.5 Å². The van der Waals surface area contributed by atoms with Crippen molar-refractivity contribution in [1.82, 2.24) is 4.90 Å². The fraction of sp³-hybridized carbons (Fsp3) is 0.556. The second kappa shape index (κ2) is 8.04. The Morgan fingerprint density at radius 2 is 1.58 bits per heavy atom. The molecule has 2 rings (SSSR count). The van der Waals surface area contributed by atoms with E-state index >= 15 is 0 Å². The zero-order chi connectivity index (χ0) is 17.7. The van der Waals surface area contributed by atoms with Gasteiger partial charge in [0.2, 0.25) is 0 Å². The molecule has 24 heavy (non-hydrogen) atoms. The van der Waals surface area contributed by atoms with Crippen molar-refractivity contribution in [2.24, 2.45) is 0 Å². The maximum absolute atomic E-state index is 12.4. The Hall–Kier alpha value is -2.24. The van der Waals surface area contributed by atoms with Gasteiger partial charge in [-0.05, 0) is 45.2 Å². The molecule has 1 heterocycles. The SMILES string of the molecule is COc1cc(OC)cc(C(=O)OCC(=O)N2C(C)CCCC2C)c1. The standard InChI is InChI=1S/C18H25NO5/c1-12-6-5-7-13(2)19(12)17(20)11-24-18(21)14-8-15(22-3)10-16(9-14)23-4/h8-10,12-13H,5-7,11H2,1-4H3. The molecular formula is C18H25NO5. The highest BCUT2D eigenvalue weighted by molar-refractivity contribution is 5.92. The molecule has 1 saturated heterocycles. The van der Waals surface area contributed by atoms with Crippen LogP contribution in [0.15, 0.2) is 18.2 Å². The van der Waals surface area contributed by atoms with Crippen LogP contribution < -0.4 is 9.47 Å². The normalized spacial score (nSPS) is 20.4. The van der Waals surface area contributed by atoms with E-state index in [2.05, 4.69) is 0 Å². The van der Waals surface area contributed by atoms with Crippen LogP contribution in [0.4, 0.5) is 0 Å². The van der Waals surface area contributed by atoms with Gasteiger partial charge in [0.05, 0.1) is 19.8 Å². The molecule has 0 saturated carbocycles. The van der Waals surface area contributed by atoms with Crippen molar-refractivity contribution in [2.45, 2.75) is 45.2 Å². The van der Waals surface area contributed by atoms with Crippen molar-refractivity contribution in [1.29, 1.82) is 0 Å². The summed E-state index contributed by atoms with van der Waals surface area (Å²) in [6.45, 7) is 3.80. The molecule has 0 spiro atoms. The third kappa shape index (κ3) is 4.19. The van der Waals surface area contributed by atoms with Crippen molar-refractivity contribution >= 4 is 11.9 Å². The first kappa shape index (κ1) is 18.1. The minimum absolute atomic E-state index is 0.155. The first-order valence-electron chi connectivity index (χ1n) is 8.17. The van der Waals surface area contributed by atoms with E-state index in [4.69, 9.17) is 14.2 Å². The number of likely N-dealkylation sites (tertiary alicyclic amines) is 1. The van der Waals surface area contributed by atoms with Crippen molar-refractivity contribution < 1.29 is 23.8 Å². The van der Waals surface area contributed by atoms with Crippen LogP contribution in [0.1, 0.15) is 43.5 Å². The van der Waals surface area contributed by atoms with Crippen molar-refractivity contribution in [3.05, 3.63) is 23.8 Å². The van der Waals surface area contributed by atoms with E-state index in [1.807, 2.05) is 18.7 Å². The van der Waals surface area contributed by atoms with Gasteiger partial charge in [0.25, 0.3) is 5.91 Å². The van der Waals surface area contributed by atoms with Gasteiger partial charge in [-0.25, -0.2) is 4.79 Å². The molecule has 2 atom stereocenters. The molecule has 0 bridgehead atoms. The predicted octanol–water partition coefficient (Wildman–Crippen LogP) is 2.65. The zero-order valence-corrected chi connectivity index (χ0v) is 14.7. The van der Waals surface area contributed by atoms with Gasteiger partial charge in [-0.1, -0.05) is 0 Å². The molecule has 1 aliphatic heterocycles. The molecule has 6 heteroatoms. The van der Waals surface area contributed by atoms with E-state index in [0.29, 0.717) is 17.1 Å². The highest BCUT2D eigenvalue weighted by Gasteiger charge is 2.29.